The Morgan fingerprint density at radius 1 is 1.09 bits per heavy atom. The summed E-state index contributed by atoms with van der Waals surface area (Å²) >= 11 is 0. The molecule has 3 fully saturated rings. The highest BCUT2D eigenvalue weighted by molar-refractivity contribution is 5.95. The Morgan fingerprint density at radius 3 is 2.38 bits per heavy atom. The zero-order valence-electron chi connectivity index (χ0n) is 20.2. The highest BCUT2D eigenvalue weighted by Gasteiger charge is 2.50. The van der Waals surface area contributed by atoms with E-state index in [0.717, 1.165) is 55.7 Å². The van der Waals surface area contributed by atoms with Crippen LogP contribution in [0.2, 0.25) is 0 Å². The van der Waals surface area contributed by atoms with Gasteiger partial charge in [0.2, 0.25) is 5.95 Å². The van der Waals surface area contributed by atoms with Crippen molar-refractivity contribution in [2.45, 2.75) is 43.7 Å². The normalized spacial score (nSPS) is 27.5. The maximum absolute atomic E-state index is 13.5. The first-order valence-corrected chi connectivity index (χ1v) is 12.0. The number of aryl methyl sites for hydroxylation is 1. The summed E-state index contributed by atoms with van der Waals surface area (Å²) in [6, 6.07) is 6.76. The van der Waals surface area contributed by atoms with Crippen LogP contribution in [-0.2, 0) is 10.3 Å². The van der Waals surface area contributed by atoms with Crippen molar-refractivity contribution in [3.05, 3.63) is 47.5 Å². The molecule has 9 heteroatoms. The van der Waals surface area contributed by atoms with Crippen molar-refractivity contribution in [1.82, 2.24) is 20.2 Å². The van der Waals surface area contributed by atoms with Gasteiger partial charge in [-0.1, -0.05) is 12.1 Å². The Morgan fingerprint density at radius 2 is 1.76 bits per heavy atom. The van der Waals surface area contributed by atoms with Gasteiger partial charge in [0.15, 0.2) is 0 Å². The Kier molecular flexibility index (Phi) is 5.93. The summed E-state index contributed by atoms with van der Waals surface area (Å²) in [7, 11) is 4.16. The molecular formula is C25H33FN6O2. The molecule has 0 radical (unpaired) electrons. The molecule has 1 spiro atoms. The lowest BCUT2D eigenvalue weighted by Crippen LogP contribution is -2.54. The van der Waals surface area contributed by atoms with Crippen molar-refractivity contribution in [2.24, 2.45) is 0 Å². The smallest absolute Gasteiger partial charge is 0.322 e. The first-order valence-electron chi connectivity index (χ1n) is 12.0. The Bertz CT molecular complexity index is 1050. The number of rotatable bonds is 4. The number of carbonyl (C=O) groups excluding carboxylic acids is 1. The molecule has 1 aromatic carbocycles. The maximum Gasteiger partial charge on any atom is 0.322 e. The number of halogens is 1. The van der Waals surface area contributed by atoms with E-state index in [-0.39, 0.29) is 22.9 Å². The molecule has 0 unspecified atom stereocenters. The predicted molar refractivity (Wildman–Crippen MR) is 129 cm³/mol. The number of aromatic nitrogens is 2. The quantitative estimate of drug-likeness (QED) is 0.744. The molecule has 2 aliphatic heterocycles. The molecule has 1 aromatic heterocycles. The van der Waals surface area contributed by atoms with Crippen molar-refractivity contribution in [1.29, 1.82) is 0 Å². The summed E-state index contributed by atoms with van der Waals surface area (Å²) < 4.78 is 19.0. The molecule has 2 amide bonds. The molecule has 2 aromatic rings. The lowest BCUT2D eigenvalue weighted by Gasteiger charge is -2.48. The molecule has 8 nitrogen and oxygen atoms in total. The molecule has 2 saturated heterocycles. The largest absolute Gasteiger partial charge is 0.378 e. The van der Waals surface area contributed by atoms with E-state index in [4.69, 9.17) is 9.72 Å². The van der Waals surface area contributed by atoms with Crippen LogP contribution >= 0.6 is 0 Å². The third-order valence-corrected chi connectivity index (χ3v) is 7.88. The average molecular weight is 469 g/mol. The van der Waals surface area contributed by atoms with Gasteiger partial charge in [-0.2, -0.15) is 0 Å². The second-order valence-corrected chi connectivity index (χ2v) is 9.97. The van der Waals surface area contributed by atoms with Crippen LogP contribution in [0.5, 0.6) is 0 Å². The summed E-state index contributed by atoms with van der Waals surface area (Å²) in [5.74, 6) is 0.465. The van der Waals surface area contributed by atoms with Gasteiger partial charge in [-0.15, -0.1) is 0 Å². The second kappa shape index (κ2) is 8.78. The van der Waals surface area contributed by atoms with Gasteiger partial charge in [0, 0.05) is 18.6 Å². The summed E-state index contributed by atoms with van der Waals surface area (Å²) in [4.78, 5) is 28.5. The van der Waals surface area contributed by atoms with E-state index in [1.165, 1.54) is 12.1 Å². The lowest BCUT2D eigenvalue weighted by molar-refractivity contribution is 0.0657. The fraction of sp³-hybridized carbons (Fsp3) is 0.560. The highest BCUT2D eigenvalue weighted by atomic mass is 19.1. The van der Waals surface area contributed by atoms with Gasteiger partial charge >= 0.3 is 6.03 Å². The monoisotopic (exact) mass is 468 g/mol. The molecule has 182 valence electrons. The van der Waals surface area contributed by atoms with Gasteiger partial charge < -0.3 is 15.0 Å². The Hall–Kier alpha value is -2.78. The summed E-state index contributed by atoms with van der Waals surface area (Å²) in [6.07, 6.45) is 5.22. The minimum Gasteiger partial charge on any atom is -0.378 e. The lowest BCUT2D eigenvalue weighted by atomic mass is 9.69. The predicted octanol–water partition coefficient (Wildman–Crippen LogP) is 3.06. The Labute approximate surface area is 200 Å². The van der Waals surface area contributed by atoms with Gasteiger partial charge in [0.05, 0.1) is 42.9 Å². The number of nitrogens with zero attached hydrogens (tertiary/aromatic N) is 5. The van der Waals surface area contributed by atoms with Crippen LogP contribution in [0.4, 0.5) is 20.8 Å². The SMILES string of the molecule is Cc1nc(N2CCOCC2)ncc1N1C[C@]2(CC[C@@](c3ccc(F)cc3)(N(C)C)CC2)NC1=O. The number of nitrogens with one attached hydrogen (secondary N) is 1. The Balaban J connectivity index is 1.33. The molecular weight excluding hydrogens is 435 g/mol. The summed E-state index contributed by atoms with van der Waals surface area (Å²) in [5.41, 5.74) is 2.22. The van der Waals surface area contributed by atoms with Crippen LogP contribution < -0.4 is 15.1 Å². The fourth-order valence-electron chi connectivity index (χ4n) is 5.71. The van der Waals surface area contributed by atoms with E-state index in [0.29, 0.717) is 25.7 Å². The molecule has 0 bridgehead atoms. The first-order chi connectivity index (χ1) is 16.3. The van der Waals surface area contributed by atoms with Gasteiger partial charge in [0.1, 0.15) is 5.82 Å². The number of anilines is 2. The van der Waals surface area contributed by atoms with Crippen LogP contribution in [0, 0.1) is 12.7 Å². The number of morpholine rings is 1. The van der Waals surface area contributed by atoms with E-state index < -0.39 is 0 Å². The number of benzene rings is 1. The van der Waals surface area contributed by atoms with Crippen molar-refractivity contribution < 1.29 is 13.9 Å². The zero-order chi connectivity index (χ0) is 23.9. The third kappa shape index (κ3) is 4.01. The van der Waals surface area contributed by atoms with Crippen LogP contribution in [0.1, 0.15) is 36.9 Å². The van der Waals surface area contributed by atoms with Crippen LogP contribution in [0.15, 0.2) is 30.5 Å². The number of hydrogen-bond acceptors (Lipinski definition) is 6. The van der Waals surface area contributed by atoms with Crippen molar-refractivity contribution >= 4 is 17.7 Å². The first kappa shape index (κ1) is 23.0. The molecule has 1 aliphatic carbocycles. The van der Waals surface area contributed by atoms with E-state index in [9.17, 15) is 9.18 Å². The fourth-order valence-corrected chi connectivity index (χ4v) is 5.71. The minimum atomic E-state index is -0.286. The molecule has 0 atom stereocenters. The average Bonchev–Trinajstić information content (AvgIpc) is 3.16. The highest BCUT2D eigenvalue weighted by Crippen LogP contribution is 2.46. The number of urea groups is 1. The van der Waals surface area contributed by atoms with Gasteiger partial charge in [-0.25, -0.2) is 19.2 Å². The van der Waals surface area contributed by atoms with E-state index in [1.54, 1.807) is 11.1 Å². The molecule has 1 saturated carbocycles. The van der Waals surface area contributed by atoms with Crippen molar-refractivity contribution in [2.75, 3.05) is 56.7 Å². The minimum absolute atomic E-state index is 0.0926. The standard InChI is InChI=1S/C25H33FN6O2/c1-18-21(16-27-22(28-18)31-12-14-34-15-13-31)32-17-24(29-23(32)33)8-10-25(11-9-24,30(2)3)19-4-6-20(26)7-5-19/h4-7,16H,8-15,17H2,1-3H3,(H,29,33)/t24-,25-. The van der Waals surface area contributed by atoms with Gasteiger partial charge in [0.25, 0.3) is 0 Å². The molecule has 3 heterocycles. The molecule has 1 N–H and O–H groups in total. The van der Waals surface area contributed by atoms with Gasteiger partial charge in [-0.05, 0) is 64.4 Å². The molecule has 3 aliphatic rings. The molecule has 34 heavy (non-hydrogen) atoms. The van der Waals surface area contributed by atoms with Crippen LogP contribution in [0.3, 0.4) is 0 Å². The van der Waals surface area contributed by atoms with E-state index in [2.05, 4.69) is 34.2 Å². The summed E-state index contributed by atoms with van der Waals surface area (Å²) in [5, 5.41) is 3.29. The van der Waals surface area contributed by atoms with Crippen LogP contribution in [0.25, 0.3) is 0 Å². The van der Waals surface area contributed by atoms with Crippen molar-refractivity contribution in [3.63, 3.8) is 0 Å². The third-order valence-electron chi connectivity index (χ3n) is 7.88. The summed E-state index contributed by atoms with van der Waals surface area (Å²) in [6.45, 7) is 5.42. The maximum atomic E-state index is 13.5. The second-order valence-electron chi connectivity index (χ2n) is 9.97. The topological polar surface area (TPSA) is 73.8 Å². The number of hydrogen-bond donors (Lipinski definition) is 1. The van der Waals surface area contributed by atoms with Crippen molar-refractivity contribution in [3.8, 4) is 0 Å². The van der Waals surface area contributed by atoms with E-state index >= 15 is 0 Å². The van der Waals surface area contributed by atoms with E-state index in [1.807, 2.05) is 19.1 Å². The van der Waals surface area contributed by atoms with Crippen LogP contribution in [-0.4, -0.2) is 73.4 Å². The molecule has 5 rings (SSSR count). The zero-order valence-corrected chi connectivity index (χ0v) is 20.2. The van der Waals surface area contributed by atoms with Gasteiger partial charge in [-0.3, -0.25) is 9.80 Å². The number of carbonyl (C=O) groups is 1. The number of ether oxygens (including phenoxy) is 1. The number of amides is 2.